The van der Waals surface area contributed by atoms with Crippen LogP contribution in [0.3, 0.4) is 0 Å². The summed E-state index contributed by atoms with van der Waals surface area (Å²) in [4.78, 5) is 47.9. The van der Waals surface area contributed by atoms with Crippen LogP contribution in [0.2, 0.25) is 0 Å². The maximum absolute atomic E-state index is 15.1. The van der Waals surface area contributed by atoms with Gasteiger partial charge in [0.2, 0.25) is 5.95 Å². The second-order valence-electron chi connectivity index (χ2n) is 10.9. The van der Waals surface area contributed by atoms with E-state index in [0.717, 1.165) is 12.5 Å². The van der Waals surface area contributed by atoms with Crippen LogP contribution in [0.15, 0.2) is 71.8 Å². The molecule has 3 heterocycles. The fraction of sp³-hybridized carbons (Fsp3) is 0.345. The smallest absolute Gasteiger partial charge is 0.459 e. The van der Waals surface area contributed by atoms with E-state index in [1.165, 1.54) is 30.0 Å². The zero-order valence-corrected chi connectivity index (χ0v) is 25.5. The van der Waals surface area contributed by atoms with Gasteiger partial charge in [0, 0.05) is 6.92 Å². The van der Waals surface area contributed by atoms with Crippen LogP contribution in [0.5, 0.6) is 5.75 Å². The van der Waals surface area contributed by atoms with Gasteiger partial charge in [-0.25, -0.2) is 9.55 Å². The second-order valence-corrected chi connectivity index (χ2v) is 12.5. The van der Waals surface area contributed by atoms with E-state index in [2.05, 4.69) is 20.0 Å². The van der Waals surface area contributed by atoms with Gasteiger partial charge >= 0.3 is 19.7 Å². The number of H-pyrrole nitrogens is 1. The van der Waals surface area contributed by atoms with E-state index in [1.807, 2.05) is 6.07 Å². The summed E-state index contributed by atoms with van der Waals surface area (Å²) in [5.41, 5.74) is 4.15. The predicted molar refractivity (Wildman–Crippen MR) is 159 cm³/mol. The first-order valence-electron chi connectivity index (χ1n) is 14.2. The van der Waals surface area contributed by atoms with Crippen LogP contribution in [-0.2, 0) is 39.5 Å². The van der Waals surface area contributed by atoms with Crippen molar-refractivity contribution in [1.82, 2.24) is 24.6 Å². The highest BCUT2D eigenvalue weighted by atomic mass is 31.2. The predicted octanol–water partition coefficient (Wildman–Crippen LogP) is 2.79. The molecule has 1 saturated carbocycles. The Morgan fingerprint density at radius 2 is 1.87 bits per heavy atom. The summed E-state index contributed by atoms with van der Waals surface area (Å²) < 4.78 is 59.4. The molecule has 17 heteroatoms. The Hall–Kier alpha value is -4.63. The number of carbonyl (C=O) groups is 2. The number of carbonyl (C=O) groups excluding carboxylic acids is 2. The number of ether oxygens (including phenoxy) is 3. The first kappa shape index (κ1) is 31.4. The van der Waals surface area contributed by atoms with Crippen LogP contribution in [0.1, 0.15) is 25.6 Å². The van der Waals surface area contributed by atoms with Gasteiger partial charge in [0.15, 0.2) is 23.5 Å². The van der Waals surface area contributed by atoms with Crippen molar-refractivity contribution in [2.75, 3.05) is 12.4 Å². The van der Waals surface area contributed by atoms with E-state index in [-0.39, 0.29) is 29.5 Å². The normalized spacial score (nSPS) is 25.3. The minimum atomic E-state index is -4.47. The molecule has 242 valence electrons. The van der Waals surface area contributed by atoms with E-state index < -0.39 is 67.9 Å². The van der Waals surface area contributed by atoms with Gasteiger partial charge in [0.25, 0.3) is 5.56 Å². The number of halogens is 1. The third-order valence-electron chi connectivity index (χ3n) is 7.70. The van der Waals surface area contributed by atoms with Gasteiger partial charge in [-0.3, -0.25) is 32.8 Å². The molecule has 6 rings (SSSR count). The van der Waals surface area contributed by atoms with Gasteiger partial charge in [0.1, 0.15) is 37.3 Å². The van der Waals surface area contributed by atoms with Gasteiger partial charge < -0.3 is 24.5 Å². The third-order valence-corrected chi connectivity index (χ3v) is 9.36. The first-order chi connectivity index (χ1) is 22.0. The minimum Gasteiger partial charge on any atom is -0.460 e. The number of nitrogens with two attached hydrogens (primary N) is 1. The van der Waals surface area contributed by atoms with E-state index in [4.69, 9.17) is 29.0 Å². The van der Waals surface area contributed by atoms with E-state index in [9.17, 15) is 18.9 Å². The highest BCUT2D eigenvalue weighted by Crippen LogP contribution is 2.67. The molecule has 0 radical (unpaired) electrons. The summed E-state index contributed by atoms with van der Waals surface area (Å²) in [6.45, 7) is 1.39. The zero-order valence-electron chi connectivity index (χ0n) is 24.6. The van der Waals surface area contributed by atoms with Crippen molar-refractivity contribution >= 4 is 36.8 Å². The molecule has 4 aromatic rings. The molecule has 46 heavy (non-hydrogen) atoms. The van der Waals surface area contributed by atoms with E-state index in [0.29, 0.717) is 0 Å². The van der Waals surface area contributed by atoms with Gasteiger partial charge in [-0.15, -0.1) is 0 Å². The molecule has 1 aliphatic carbocycles. The topological polar surface area (TPSA) is 199 Å². The molecular formula is C29H30FN6O9P. The number of hydrogen-bond acceptors (Lipinski definition) is 12. The van der Waals surface area contributed by atoms with Crippen LogP contribution in [0.25, 0.3) is 11.2 Å². The fourth-order valence-corrected chi connectivity index (χ4v) is 7.20. The van der Waals surface area contributed by atoms with Crippen LogP contribution >= 0.6 is 7.75 Å². The van der Waals surface area contributed by atoms with Crippen molar-refractivity contribution in [3.8, 4) is 5.75 Å². The highest BCUT2D eigenvalue weighted by molar-refractivity contribution is 7.52. The number of anilines is 1. The summed E-state index contributed by atoms with van der Waals surface area (Å²) >= 11 is 0. The number of hydrogen-bond donors (Lipinski definition) is 3. The Balaban J connectivity index is 1.26. The lowest BCUT2D eigenvalue weighted by Crippen LogP contribution is -2.39. The number of nitrogens with zero attached hydrogens (tertiary/aromatic N) is 3. The van der Waals surface area contributed by atoms with Crippen LogP contribution < -0.4 is 20.9 Å². The Kier molecular flexibility index (Phi) is 8.37. The van der Waals surface area contributed by atoms with Crippen LogP contribution in [0, 0.1) is 5.41 Å². The summed E-state index contributed by atoms with van der Waals surface area (Å²) in [6.07, 6.45) is -3.67. The van der Waals surface area contributed by atoms with E-state index >= 15 is 4.39 Å². The minimum absolute atomic E-state index is 0.0127. The van der Waals surface area contributed by atoms with Gasteiger partial charge in [0.05, 0.1) is 11.7 Å². The number of fused-ring (bicyclic) bond motifs is 2. The molecule has 15 nitrogen and oxygen atoms in total. The summed E-state index contributed by atoms with van der Waals surface area (Å²) in [6, 6.07) is 15.8. The summed E-state index contributed by atoms with van der Waals surface area (Å²) in [5.74, 6) is -1.57. The van der Waals surface area contributed by atoms with Gasteiger partial charge in [-0.1, -0.05) is 48.5 Å². The number of esters is 2. The summed E-state index contributed by atoms with van der Waals surface area (Å²) in [7, 11) is -4.47. The third kappa shape index (κ3) is 5.87. The molecule has 2 unspecified atom stereocenters. The largest absolute Gasteiger partial charge is 0.460 e. The van der Waals surface area contributed by atoms with Crippen molar-refractivity contribution in [2.24, 2.45) is 5.41 Å². The monoisotopic (exact) mass is 656 g/mol. The lowest BCUT2D eigenvalue weighted by molar-refractivity contribution is -0.161. The van der Waals surface area contributed by atoms with Crippen molar-refractivity contribution in [3.05, 3.63) is 82.9 Å². The lowest BCUT2D eigenvalue weighted by Gasteiger charge is -2.30. The van der Waals surface area contributed by atoms with Gasteiger partial charge in [-0.2, -0.15) is 10.1 Å². The molecule has 0 bridgehead atoms. The highest BCUT2D eigenvalue weighted by Gasteiger charge is 2.81. The fourth-order valence-electron chi connectivity index (χ4n) is 5.46. The molecule has 2 fully saturated rings. The van der Waals surface area contributed by atoms with Crippen molar-refractivity contribution in [3.63, 3.8) is 0 Å². The number of aromatic nitrogens is 4. The molecule has 7 atom stereocenters. The quantitative estimate of drug-likeness (QED) is 0.149. The Morgan fingerprint density at radius 3 is 2.54 bits per heavy atom. The molecule has 2 aromatic carbocycles. The number of imidazole rings is 1. The number of nitrogens with one attached hydrogen (secondary N) is 2. The molecular weight excluding hydrogens is 626 g/mol. The van der Waals surface area contributed by atoms with Crippen molar-refractivity contribution < 1.29 is 41.8 Å². The maximum atomic E-state index is 15.1. The average molecular weight is 657 g/mol. The van der Waals surface area contributed by atoms with Crippen molar-refractivity contribution in [2.45, 2.75) is 51.0 Å². The van der Waals surface area contributed by atoms with Crippen molar-refractivity contribution in [1.29, 1.82) is 0 Å². The number of alkyl halides is 1. The number of rotatable bonds is 12. The molecule has 1 aliphatic heterocycles. The lowest BCUT2D eigenvalue weighted by atomic mass is 9.99. The number of para-hydroxylation sites is 1. The number of nitrogen functional groups attached to an aromatic ring is 1. The van der Waals surface area contributed by atoms with Gasteiger partial charge in [-0.05, 0) is 24.6 Å². The molecule has 2 aromatic heterocycles. The van der Waals surface area contributed by atoms with Crippen LogP contribution in [-0.4, -0.2) is 62.5 Å². The average Bonchev–Trinajstić information content (AvgIpc) is 3.26. The standard InChI is InChI=1S/C29H30FN6O9P/c1-16(27(39)41-13-18-9-5-3-6-10-18)35-46(40,44-19-11-7-4-8-12-19)45-22-21-29(22,14-30)23(42-17(2)37)26(43-21)36-15-32-20-24(36)33-28(31)34-25(20)38/h3-12,15-16,21-23,26H,13-14H2,1-2H3,(H,35,40)(H3,31,33,34,38)/t16-,21-,22?,23+,26-,29-,46?/m1/s1. The first-order valence-corrected chi connectivity index (χ1v) is 15.7. The zero-order chi connectivity index (χ0) is 32.6. The molecule has 2 aliphatic rings. The molecule has 4 N–H and O–H groups in total. The summed E-state index contributed by atoms with van der Waals surface area (Å²) in [5, 5.41) is 2.58. The number of aromatic amines is 1. The number of benzene rings is 2. The van der Waals surface area contributed by atoms with E-state index in [1.54, 1.807) is 42.5 Å². The molecule has 0 amide bonds. The Labute approximate surface area is 260 Å². The SMILES string of the molecule is CC(=O)O[C@H]1[C@H](n2cnc3c(=O)[nH]c(N)nc32)O[C@@H]2C(OP(=O)(N[C@H](C)C(=O)OCc3ccccc3)Oc3ccccc3)[C@@]21CF. The maximum Gasteiger partial charge on any atom is 0.459 e. The molecule has 0 spiro atoms. The Morgan fingerprint density at radius 1 is 1.17 bits per heavy atom. The Bertz CT molecular complexity index is 1860. The molecule has 1 saturated heterocycles. The van der Waals surface area contributed by atoms with Crippen LogP contribution in [0.4, 0.5) is 10.3 Å². The second kappa shape index (κ2) is 12.3.